The van der Waals surface area contributed by atoms with E-state index in [1.165, 1.54) is 23.9 Å². The van der Waals surface area contributed by atoms with Crippen LogP contribution in [0.2, 0.25) is 0 Å². The SMILES string of the molecule is CC(C)Cn1c(SCC(=O)N[C@@H](C)c2ccc(S(N)(=O)=O)cc2)nc2ccccc21. The van der Waals surface area contributed by atoms with E-state index in [1.807, 2.05) is 31.2 Å². The van der Waals surface area contributed by atoms with Crippen molar-refractivity contribution in [3.63, 3.8) is 0 Å². The lowest BCUT2D eigenvalue weighted by Gasteiger charge is -2.15. The standard InChI is InChI=1S/C21H26N4O3S2/c1-14(2)12-25-19-7-5-4-6-18(19)24-21(25)29-13-20(26)23-15(3)16-8-10-17(11-9-16)30(22,27)28/h4-11,14-15H,12-13H2,1-3H3,(H,23,26)(H2,22,27,28)/t15-/m0/s1. The third kappa shape index (κ3) is 5.41. The number of thioether (sulfide) groups is 1. The second kappa shape index (κ2) is 9.20. The maximum absolute atomic E-state index is 12.5. The molecule has 1 amide bonds. The van der Waals surface area contributed by atoms with E-state index in [0.717, 1.165) is 28.3 Å². The zero-order chi connectivity index (χ0) is 21.9. The predicted octanol–water partition coefficient (Wildman–Crippen LogP) is 3.31. The molecule has 30 heavy (non-hydrogen) atoms. The molecule has 0 aliphatic heterocycles. The minimum atomic E-state index is -3.73. The van der Waals surface area contributed by atoms with Crippen molar-refractivity contribution < 1.29 is 13.2 Å². The van der Waals surface area contributed by atoms with Crippen molar-refractivity contribution in [2.45, 2.75) is 43.4 Å². The van der Waals surface area contributed by atoms with Crippen LogP contribution in [0.3, 0.4) is 0 Å². The third-order valence-corrected chi connectivity index (χ3v) is 6.49. The number of primary sulfonamides is 1. The fourth-order valence-corrected chi connectivity index (χ4v) is 4.50. The molecule has 9 heteroatoms. The Morgan fingerprint density at radius 3 is 2.43 bits per heavy atom. The maximum atomic E-state index is 12.5. The maximum Gasteiger partial charge on any atom is 0.238 e. The van der Waals surface area contributed by atoms with Gasteiger partial charge in [-0.15, -0.1) is 0 Å². The number of sulfonamides is 1. The number of aromatic nitrogens is 2. The molecule has 3 aromatic rings. The number of rotatable bonds is 8. The Morgan fingerprint density at radius 2 is 1.80 bits per heavy atom. The van der Waals surface area contributed by atoms with E-state index >= 15 is 0 Å². The minimum Gasteiger partial charge on any atom is -0.349 e. The van der Waals surface area contributed by atoms with Gasteiger partial charge in [0, 0.05) is 6.54 Å². The largest absolute Gasteiger partial charge is 0.349 e. The Balaban J connectivity index is 1.66. The molecule has 1 atom stereocenters. The van der Waals surface area contributed by atoms with E-state index < -0.39 is 10.0 Å². The quantitative estimate of drug-likeness (QED) is 0.516. The summed E-state index contributed by atoms with van der Waals surface area (Å²) in [4.78, 5) is 17.2. The van der Waals surface area contributed by atoms with Gasteiger partial charge in [0.1, 0.15) is 0 Å². The summed E-state index contributed by atoms with van der Waals surface area (Å²) in [7, 11) is -3.73. The van der Waals surface area contributed by atoms with Crippen LogP contribution in [-0.2, 0) is 21.4 Å². The first kappa shape index (κ1) is 22.3. The Labute approximate surface area is 181 Å². The molecule has 0 aliphatic carbocycles. The zero-order valence-corrected chi connectivity index (χ0v) is 18.8. The summed E-state index contributed by atoms with van der Waals surface area (Å²) in [5, 5.41) is 8.89. The van der Waals surface area contributed by atoms with Crippen LogP contribution in [0.15, 0.2) is 58.6 Å². The molecule has 1 aromatic heterocycles. The van der Waals surface area contributed by atoms with Gasteiger partial charge in [0.05, 0.1) is 27.7 Å². The van der Waals surface area contributed by atoms with E-state index in [-0.39, 0.29) is 22.6 Å². The van der Waals surface area contributed by atoms with Crippen LogP contribution in [0.4, 0.5) is 0 Å². The lowest BCUT2D eigenvalue weighted by atomic mass is 10.1. The number of imidazole rings is 1. The normalized spacial score (nSPS) is 13.0. The van der Waals surface area contributed by atoms with E-state index in [0.29, 0.717) is 5.92 Å². The lowest BCUT2D eigenvalue weighted by Crippen LogP contribution is -2.28. The van der Waals surface area contributed by atoms with E-state index in [4.69, 9.17) is 5.14 Å². The van der Waals surface area contributed by atoms with Crippen molar-refractivity contribution >= 4 is 38.7 Å². The smallest absolute Gasteiger partial charge is 0.238 e. The Hall–Kier alpha value is -2.36. The molecule has 3 N–H and O–H groups in total. The molecule has 160 valence electrons. The number of nitrogens with zero attached hydrogens (tertiary/aromatic N) is 2. The molecular formula is C21H26N4O3S2. The number of carbonyl (C=O) groups excluding carboxylic acids is 1. The molecule has 0 saturated carbocycles. The van der Waals surface area contributed by atoms with Crippen molar-refractivity contribution in [3.05, 3.63) is 54.1 Å². The highest BCUT2D eigenvalue weighted by Gasteiger charge is 2.16. The van der Waals surface area contributed by atoms with Gasteiger partial charge in [-0.05, 0) is 42.7 Å². The van der Waals surface area contributed by atoms with Crippen molar-refractivity contribution in [1.82, 2.24) is 14.9 Å². The number of amides is 1. The number of nitrogens with one attached hydrogen (secondary N) is 1. The van der Waals surface area contributed by atoms with Crippen molar-refractivity contribution in [3.8, 4) is 0 Å². The van der Waals surface area contributed by atoms with Crippen LogP contribution in [0, 0.1) is 5.92 Å². The third-order valence-electron chi connectivity index (χ3n) is 4.59. The minimum absolute atomic E-state index is 0.0457. The van der Waals surface area contributed by atoms with Gasteiger partial charge < -0.3 is 9.88 Å². The average Bonchev–Trinajstić information content (AvgIpc) is 3.03. The van der Waals surface area contributed by atoms with Gasteiger partial charge in [-0.25, -0.2) is 18.5 Å². The molecule has 0 spiro atoms. The first-order valence-electron chi connectivity index (χ1n) is 9.65. The summed E-state index contributed by atoms with van der Waals surface area (Å²) < 4.78 is 24.9. The summed E-state index contributed by atoms with van der Waals surface area (Å²) in [6, 6.07) is 13.9. The van der Waals surface area contributed by atoms with Crippen molar-refractivity contribution in [1.29, 1.82) is 0 Å². The Morgan fingerprint density at radius 1 is 1.13 bits per heavy atom. The van der Waals surface area contributed by atoms with Crippen LogP contribution in [0.5, 0.6) is 0 Å². The average molecular weight is 447 g/mol. The van der Waals surface area contributed by atoms with Crippen molar-refractivity contribution in [2.24, 2.45) is 11.1 Å². The number of nitrogens with two attached hydrogens (primary N) is 1. The fourth-order valence-electron chi connectivity index (χ4n) is 3.15. The van der Waals surface area contributed by atoms with Gasteiger partial charge in [-0.3, -0.25) is 4.79 Å². The van der Waals surface area contributed by atoms with Crippen LogP contribution in [-0.4, -0.2) is 29.6 Å². The number of fused-ring (bicyclic) bond motifs is 1. The molecule has 3 rings (SSSR count). The van der Waals surface area contributed by atoms with Crippen LogP contribution in [0.25, 0.3) is 11.0 Å². The highest BCUT2D eigenvalue weighted by atomic mass is 32.2. The molecule has 0 fully saturated rings. The van der Waals surface area contributed by atoms with Gasteiger partial charge in [-0.2, -0.15) is 0 Å². The molecule has 1 heterocycles. The summed E-state index contributed by atoms with van der Waals surface area (Å²) in [5.74, 6) is 0.573. The number of hydrogen-bond donors (Lipinski definition) is 2. The molecule has 2 aromatic carbocycles. The molecule has 0 aliphatic rings. The lowest BCUT2D eigenvalue weighted by molar-refractivity contribution is -0.119. The second-order valence-electron chi connectivity index (χ2n) is 7.58. The summed E-state index contributed by atoms with van der Waals surface area (Å²) >= 11 is 1.41. The Bertz CT molecular complexity index is 1140. The van der Waals surface area contributed by atoms with Crippen LogP contribution in [0.1, 0.15) is 32.4 Å². The van der Waals surface area contributed by atoms with E-state index in [9.17, 15) is 13.2 Å². The van der Waals surface area contributed by atoms with E-state index in [1.54, 1.807) is 12.1 Å². The molecular weight excluding hydrogens is 420 g/mol. The number of hydrogen-bond acceptors (Lipinski definition) is 5. The monoisotopic (exact) mass is 446 g/mol. The molecule has 0 bridgehead atoms. The molecule has 0 radical (unpaired) electrons. The predicted molar refractivity (Wildman–Crippen MR) is 120 cm³/mol. The number of carbonyl (C=O) groups is 1. The number of benzene rings is 2. The van der Waals surface area contributed by atoms with Crippen molar-refractivity contribution in [2.75, 3.05) is 5.75 Å². The number of para-hydroxylation sites is 2. The van der Waals surface area contributed by atoms with Crippen LogP contribution >= 0.6 is 11.8 Å². The summed E-state index contributed by atoms with van der Waals surface area (Å²) in [5.41, 5.74) is 2.79. The van der Waals surface area contributed by atoms with Gasteiger partial charge in [0.25, 0.3) is 0 Å². The topological polar surface area (TPSA) is 107 Å². The first-order valence-corrected chi connectivity index (χ1v) is 12.2. The summed E-state index contributed by atoms with van der Waals surface area (Å²) in [6.07, 6.45) is 0. The van der Waals surface area contributed by atoms with Gasteiger partial charge >= 0.3 is 0 Å². The first-order chi connectivity index (χ1) is 14.1. The highest BCUT2D eigenvalue weighted by molar-refractivity contribution is 7.99. The fraction of sp³-hybridized carbons (Fsp3) is 0.333. The van der Waals surface area contributed by atoms with Gasteiger partial charge in [0.2, 0.25) is 15.9 Å². The zero-order valence-electron chi connectivity index (χ0n) is 17.2. The molecule has 0 unspecified atom stereocenters. The van der Waals surface area contributed by atoms with Gasteiger partial charge in [-0.1, -0.05) is 49.9 Å². The van der Waals surface area contributed by atoms with Crippen LogP contribution < -0.4 is 10.5 Å². The second-order valence-corrected chi connectivity index (χ2v) is 10.1. The summed E-state index contributed by atoms with van der Waals surface area (Å²) in [6.45, 7) is 6.98. The Kier molecular flexibility index (Phi) is 6.84. The van der Waals surface area contributed by atoms with E-state index in [2.05, 4.69) is 28.7 Å². The molecule has 7 nitrogen and oxygen atoms in total. The highest BCUT2D eigenvalue weighted by Crippen LogP contribution is 2.25. The van der Waals surface area contributed by atoms with Gasteiger partial charge in [0.15, 0.2) is 5.16 Å². The molecule has 0 saturated heterocycles.